The molecule has 5 nitrogen and oxygen atoms in total. The van der Waals surface area contributed by atoms with Crippen molar-refractivity contribution in [2.75, 3.05) is 10.6 Å². The quantitative estimate of drug-likeness (QED) is 0.751. The molecule has 2 aromatic heterocycles. The Morgan fingerprint density at radius 3 is 2.87 bits per heavy atom. The van der Waals surface area contributed by atoms with Crippen LogP contribution in [0.15, 0.2) is 54.0 Å². The number of nitrogens with zero attached hydrogens (tertiary/aromatic N) is 2. The molecule has 116 valence electrons. The standard InChI is InChI=1S/C17H16N4OS/c1-12-11-23-17(20-12)21-16(22)14-6-4-5-13(9-14)10-19-15-7-2-3-8-18-15/h2-9,11H,10H2,1H3,(H,18,19)(H,20,21,22). The van der Waals surface area contributed by atoms with Crippen LogP contribution in [0.3, 0.4) is 0 Å². The molecule has 0 saturated carbocycles. The first-order valence-electron chi connectivity index (χ1n) is 7.18. The van der Waals surface area contributed by atoms with Crippen LogP contribution in [0.5, 0.6) is 0 Å². The van der Waals surface area contributed by atoms with Crippen molar-refractivity contribution in [3.8, 4) is 0 Å². The van der Waals surface area contributed by atoms with Gasteiger partial charge < -0.3 is 5.32 Å². The number of hydrogen-bond acceptors (Lipinski definition) is 5. The van der Waals surface area contributed by atoms with E-state index in [1.807, 2.05) is 48.7 Å². The highest BCUT2D eigenvalue weighted by molar-refractivity contribution is 7.13. The van der Waals surface area contributed by atoms with Crippen molar-refractivity contribution in [3.05, 3.63) is 70.9 Å². The Bertz CT molecular complexity index is 801. The number of carbonyl (C=O) groups excluding carboxylic acids is 1. The summed E-state index contributed by atoms with van der Waals surface area (Å²) in [4.78, 5) is 20.7. The van der Waals surface area contributed by atoms with Gasteiger partial charge in [0.15, 0.2) is 5.13 Å². The number of anilines is 2. The minimum atomic E-state index is -0.154. The van der Waals surface area contributed by atoms with Gasteiger partial charge in [-0.3, -0.25) is 10.1 Å². The Balaban J connectivity index is 1.65. The molecule has 6 heteroatoms. The molecule has 0 spiro atoms. The molecule has 0 fully saturated rings. The fraction of sp³-hybridized carbons (Fsp3) is 0.118. The molecule has 0 radical (unpaired) electrons. The van der Waals surface area contributed by atoms with E-state index in [-0.39, 0.29) is 5.91 Å². The van der Waals surface area contributed by atoms with Crippen LogP contribution in [0.25, 0.3) is 0 Å². The smallest absolute Gasteiger partial charge is 0.257 e. The third-order valence-corrected chi connectivity index (χ3v) is 4.04. The summed E-state index contributed by atoms with van der Waals surface area (Å²) in [6.07, 6.45) is 1.74. The normalized spacial score (nSPS) is 10.3. The Hall–Kier alpha value is -2.73. The lowest BCUT2D eigenvalue weighted by Gasteiger charge is -2.07. The van der Waals surface area contributed by atoms with E-state index in [0.29, 0.717) is 17.2 Å². The maximum atomic E-state index is 12.3. The number of benzene rings is 1. The van der Waals surface area contributed by atoms with Crippen molar-refractivity contribution in [2.24, 2.45) is 0 Å². The molecule has 23 heavy (non-hydrogen) atoms. The molecule has 1 amide bonds. The second-order valence-electron chi connectivity index (χ2n) is 5.02. The Morgan fingerprint density at radius 1 is 1.22 bits per heavy atom. The summed E-state index contributed by atoms with van der Waals surface area (Å²) in [5.74, 6) is 0.652. The number of hydrogen-bond donors (Lipinski definition) is 2. The summed E-state index contributed by atoms with van der Waals surface area (Å²) >= 11 is 1.42. The van der Waals surface area contributed by atoms with Crippen molar-refractivity contribution in [2.45, 2.75) is 13.5 Å². The number of amides is 1. The fourth-order valence-electron chi connectivity index (χ4n) is 2.06. The maximum absolute atomic E-state index is 12.3. The van der Waals surface area contributed by atoms with Gasteiger partial charge in [-0.2, -0.15) is 0 Å². The van der Waals surface area contributed by atoms with Gasteiger partial charge in [0.1, 0.15) is 5.82 Å². The molecule has 0 saturated heterocycles. The van der Waals surface area contributed by atoms with Crippen molar-refractivity contribution in [1.29, 1.82) is 0 Å². The van der Waals surface area contributed by atoms with Gasteiger partial charge in [-0.1, -0.05) is 18.2 Å². The Kier molecular flexibility index (Phi) is 4.63. The van der Waals surface area contributed by atoms with Crippen LogP contribution >= 0.6 is 11.3 Å². The van der Waals surface area contributed by atoms with Crippen LogP contribution in [-0.4, -0.2) is 15.9 Å². The van der Waals surface area contributed by atoms with Gasteiger partial charge in [0.25, 0.3) is 5.91 Å². The van der Waals surface area contributed by atoms with Gasteiger partial charge in [0.05, 0.1) is 5.69 Å². The minimum absolute atomic E-state index is 0.154. The molecule has 0 atom stereocenters. The van der Waals surface area contributed by atoms with E-state index in [0.717, 1.165) is 17.1 Å². The summed E-state index contributed by atoms with van der Waals surface area (Å²) in [6.45, 7) is 2.50. The summed E-state index contributed by atoms with van der Waals surface area (Å²) < 4.78 is 0. The molecule has 2 heterocycles. The zero-order valence-corrected chi connectivity index (χ0v) is 13.4. The van der Waals surface area contributed by atoms with Gasteiger partial charge in [0.2, 0.25) is 0 Å². The van der Waals surface area contributed by atoms with Gasteiger partial charge >= 0.3 is 0 Å². The molecular weight excluding hydrogens is 308 g/mol. The molecule has 3 aromatic rings. The predicted octanol–water partition coefficient (Wildman–Crippen LogP) is 3.71. The van der Waals surface area contributed by atoms with E-state index in [9.17, 15) is 4.79 Å². The molecule has 3 rings (SSSR count). The third kappa shape index (κ3) is 4.14. The first kappa shape index (κ1) is 15.2. The number of rotatable bonds is 5. The number of aryl methyl sites for hydroxylation is 1. The Labute approximate surface area is 138 Å². The lowest BCUT2D eigenvalue weighted by Crippen LogP contribution is -2.12. The molecule has 0 bridgehead atoms. The van der Waals surface area contributed by atoms with Crippen LogP contribution < -0.4 is 10.6 Å². The van der Waals surface area contributed by atoms with Crippen LogP contribution in [0.4, 0.5) is 10.9 Å². The fourth-order valence-corrected chi connectivity index (χ4v) is 2.75. The van der Waals surface area contributed by atoms with Crippen molar-refractivity contribution >= 4 is 28.2 Å². The predicted molar refractivity (Wildman–Crippen MR) is 92.8 cm³/mol. The van der Waals surface area contributed by atoms with E-state index >= 15 is 0 Å². The summed E-state index contributed by atoms with van der Waals surface area (Å²) in [7, 11) is 0. The number of nitrogens with one attached hydrogen (secondary N) is 2. The zero-order valence-electron chi connectivity index (χ0n) is 12.6. The lowest BCUT2D eigenvalue weighted by molar-refractivity contribution is 0.102. The first-order valence-corrected chi connectivity index (χ1v) is 8.06. The maximum Gasteiger partial charge on any atom is 0.257 e. The lowest BCUT2D eigenvalue weighted by atomic mass is 10.1. The molecule has 2 N–H and O–H groups in total. The van der Waals surface area contributed by atoms with Gasteiger partial charge in [-0.05, 0) is 36.8 Å². The van der Waals surface area contributed by atoms with Gasteiger partial charge in [-0.25, -0.2) is 9.97 Å². The van der Waals surface area contributed by atoms with E-state index in [2.05, 4.69) is 20.6 Å². The minimum Gasteiger partial charge on any atom is -0.366 e. The largest absolute Gasteiger partial charge is 0.366 e. The van der Waals surface area contributed by atoms with Crippen LogP contribution in [-0.2, 0) is 6.54 Å². The summed E-state index contributed by atoms with van der Waals surface area (Å²) in [5.41, 5.74) is 2.52. The molecule has 1 aromatic carbocycles. The second-order valence-corrected chi connectivity index (χ2v) is 5.88. The second kappa shape index (κ2) is 7.02. The number of carbonyl (C=O) groups is 1. The summed E-state index contributed by atoms with van der Waals surface area (Å²) in [6, 6.07) is 13.2. The SMILES string of the molecule is Cc1csc(NC(=O)c2cccc(CNc3ccccn3)c2)n1. The van der Waals surface area contributed by atoms with Crippen molar-refractivity contribution in [1.82, 2.24) is 9.97 Å². The topological polar surface area (TPSA) is 66.9 Å². The van der Waals surface area contributed by atoms with Gasteiger partial charge in [0, 0.05) is 23.7 Å². The Morgan fingerprint density at radius 2 is 2.13 bits per heavy atom. The number of pyridine rings is 1. The average Bonchev–Trinajstić information content (AvgIpc) is 2.99. The molecule has 0 aliphatic rings. The van der Waals surface area contributed by atoms with Gasteiger partial charge in [-0.15, -0.1) is 11.3 Å². The van der Waals surface area contributed by atoms with Crippen molar-refractivity contribution in [3.63, 3.8) is 0 Å². The highest BCUT2D eigenvalue weighted by Crippen LogP contribution is 2.16. The number of aromatic nitrogens is 2. The molecule has 0 aliphatic heterocycles. The highest BCUT2D eigenvalue weighted by Gasteiger charge is 2.09. The van der Waals surface area contributed by atoms with E-state index in [1.54, 1.807) is 12.3 Å². The van der Waals surface area contributed by atoms with E-state index < -0.39 is 0 Å². The van der Waals surface area contributed by atoms with Crippen LogP contribution in [0.2, 0.25) is 0 Å². The van der Waals surface area contributed by atoms with Crippen LogP contribution in [0.1, 0.15) is 21.6 Å². The van der Waals surface area contributed by atoms with E-state index in [1.165, 1.54) is 11.3 Å². The molecule has 0 unspecified atom stereocenters. The molecule has 0 aliphatic carbocycles. The van der Waals surface area contributed by atoms with E-state index in [4.69, 9.17) is 0 Å². The summed E-state index contributed by atoms with van der Waals surface area (Å²) in [5, 5.41) is 8.56. The zero-order chi connectivity index (χ0) is 16.1. The van der Waals surface area contributed by atoms with Crippen molar-refractivity contribution < 1.29 is 4.79 Å². The highest BCUT2D eigenvalue weighted by atomic mass is 32.1. The third-order valence-electron chi connectivity index (χ3n) is 3.17. The monoisotopic (exact) mass is 324 g/mol. The van der Waals surface area contributed by atoms with Crippen LogP contribution in [0, 0.1) is 6.92 Å². The first-order chi connectivity index (χ1) is 11.2. The number of thiazole rings is 1. The average molecular weight is 324 g/mol. The molecular formula is C17H16N4OS.